The summed E-state index contributed by atoms with van der Waals surface area (Å²) in [6.45, 7) is 2.22. The maximum atomic E-state index is 11.6. The quantitative estimate of drug-likeness (QED) is 0.237. The van der Waals surface area contributed by atoms with E-state index in [-0.39, 0.29) is 19.3 Å². The molecule has 0 fully saturated rings. The molecule has 0 heterocycles. The average molecular weight is 244 g/mol. The van der Waals surface area contributed by atoms with E-state index in [1.54, 1.807) is 5.43 Å². The molecule has 0 aromatic rings. The molecule has 0 atom stereocenters. The van der Waals surface area contributed by atoms with Crippen LogP contribution in [0.1, 0.15) is 33.1 Å². The molecule has 0 aromatic carbocycles. The van der Waals surface area contributed by atoms with E-state index in [0.717, 1.165) is 13.8 Å². The molecule has 0 saturated carbocycles. The molecule has 0 aromatic heterocycles. The number of rotatable bonds is 7. The number of aliphatic carboxylic acids is 1. The van der Waals surface area contributed by atoms with Crippen LogP contribution in [0.5, 0.6) is 0 Å². The van der Waals surface area contributed by atoms with Crippen LogP contribution >= 0.6 is 0 Å². The summed E-state index contributed by atoms with van der Waals surface area (Å²) < 4.78 is 0. The van der Waals surface area contributed by atoms with Crippen molar-refractivity contribution in [2.75, 3.05) is 0 Å². The van der Waals surface area contributed by atoms with E-state index in [1.807, 2.05) is 0 Å². The molecule has 4 N–H and O–H groups in total. The van der Waals surface area contributed by atoms with Crippen molar-refractivity contribution in [2.45, 2.75) is 33.1 Å². The first-order valence-electron chi connectivity index (χ1n) is 5.04. The fourth-order valence-corrected chi connectivity index (χ4v) is 1.66. The fourth-order valence-electron chi connectivity index (χ4n) is 1.66. The second-order valence-corrected chi connectivity index (χ2v) is 3.74. The van der Waals surface area contributed by atoms with Gasteiger partial charge < -0.3 is 5.11 Å². The predicted molar refractivity (Wildman–Crippen MR) is 57.6 cm³/mol. The van der Waals surface area contributed by atoms with Crippen LogP contribution in [0.3, 0.4) is 0 Å². The molecular weight excluding hydrogens is 228 g/mol. The second-order valence-electron chi connectivity index (χ2n) is 3.74. The van der Waals surface area contributed by atoms with Crippen LogP contribution in [-0.4, -0.2) is 28.5 Å². The van der Waals surface area contributed by atoms with Crippen LogP contribution in [0.15, 0.2) is 0 Å². The molecular formula is C10H16N2O5. The first-order chi connectivity index (χ1) is 7.78. The fraction of sp³-hybridized carbons (Fsp3) is 0.600. The number of carboxylic acids is 1. The normalized spacial score (nSPS) is 10.8. The van der Waals surface area contributed by atoms with E-state index in [9.17, 15) is 19.2 Å². The summed E-state index contributed by atoms with van der Waals surface area (Å²) in [5.41, 5.74) is -0.0922. The lowest BCUT2D eigenvalue weighted by Gasteiger charge is -2.25. The van der Waals surface area contributed by atoms with Crippen molar-refractivity contribution in [3.05, 3.63) is 0 Å². The molecule has 0 aliphatic rings. The standard InChI is InChI=1S/C10H16N2O5/c1-6(13)10(7(2)14,9(17)12-11)5-3-4-8(15)16/h3-5,11H2,1-2H3,(H,12,17)(H,15,16). The molecule has 1 amide bonds. The van der Waals surface area contributed by atoms with Gasteiger partial charge in [-0.15, -0.1) is 0 Å². The van der Waals surface area contributed by atoms with Crippen LogP contribution in [0.25, 0.3) is 0 Å². The summed E-state index contributed by atoms with van der Waals surface area (Å²) in [5.74, 6) is 1.71. The number of hydrogen-bond acceptors (Lipinski definition) is 5. The van der Waals surface area contributed by atoms with Crippen molar-refractivity contribution < 1.29 is 24.3 Å². The second kappa shape index (κ2) is 6.09. The van der Waals surface area contributed by atoms with E-state index in [2.05, 4.69) is 0 Å². The van der Waals surface area contributed by atoms with E-state index in [4.69, 9.17) is 10.9 Å². The average Bonchev–Trinajstić information content (AvgIpc) is 2.21. The number of Topliss-reactive ketones (excluding diaryl/α,β-unsaturated/α-hetero) is 2. The van der Waals surface area contributed by atoms with Crippen LogP contribution < -0.4 is 11.3 Å². The van der Waals surface area contributed by atoms with E-state index in [0.29, 0.717) is 0 Å². The zero-order valence-electron chi connectivity index (χ0n) is 9.78. The van der Waals surface area contributed by atoms with Crippen molar-refractivity contribution in [1.82, 2.24) is 5.43 Å². The molecule has 0 saturated heterocycles. The van der Waals surface area contributed by atoms with E-state index in [1.165, 1.54) is 0 Å². The molecule has 0 radical (unpaired) electrons. The summed E-state index contributed by atoms with van der Waals surface area (Å²) in [5, 5.41) is 8.49. The van der Waals surface area contributed by atoms with Gasteiger partial charge in [-0.05, 0) is 26.7 Å². The van der Waals surface area contributed by atoms with Crippen LogP contribution in [0.2, 0.25) is 0 Å². The number of ketones is 2. The van der Waals surface area contributed by atoms with Crippen molar-refractivity contribution in [1.29, 1.82) is 0 Å². The number of carbonyl (C=O) groups excluding carboxylic acids is 3. The van der Waals surface area contributed by atoms with Gasteiger partial charge in [0.05, 0.1) is 0 Å². The smallest absolute Gasteiger partial charge is 0.303 e. The Morgan fingerprint density at radius 3 is 1.94 bits per heavy atom. The lowest BCUT2D eigenvalue weighted by molar-refractivity contribution is -0.150. The Kier molecular flexibility index (Phi) is 5.46. The highest BCUT2D eigenvalue weighted by Crippen LogP contribution is 2.27. The first-order valence-corrected chi connectivity index (χ1v) is 5.04. The molecule has 7 nitrogen and oxygen atoms in total. The van der Waals surface area contributed by atoms with Gasteiger partial charge >= 0.3 is 5.97 Å². The number of hydrogen-bond donors (Lipinski definition) is 3. The van der Waals surface area contributed by atoms with Gasteiger partial charge in [0.15, 0.2) is 17.0 Å². The Morgan fingerprint density at radius 1 is 1.18 bits per heavy atom. The number of hydrazine groups is 1. The highest BCUT2D eigenvalue weighted by atomic mass is 16.4. The van der Waals surface area contributed by atoms with Crippen molar-refractivity contribution in [3.8, 4) is 0 Å². The van der Waals surface area contributed by atoms with Crippen LogP contribution in [-0.2, 0) is 19.2 Å². The van der Waals surface area contributed by atoms with Crippen LogP contribution in [0.4, 0.5) is 0 Å². The van der Waals surface area contributed by atoms with Gasteiger partial charge in [0.25, 0.3) is 5.91 Å². The van der Waals surface area contributed by atoms with Gasteiger partial charge in [-0.25, -0.2) is 5.84 Å². The van der Waals surface area contributed by atoms with E-state index >= 15 is 0 Å². The molecule has 7 heteroatoms. The Hall–Kier alpha value is -1.76. The summed E-state index contributed by atoms with van der Waals surface area (Å²) in [6, 6.07) is 0. The number of nitrogens with one attached hydrogen (secondary N) is 1. The predicted octanol–water partition coefficient (Wildman–Crippen LogP) is -0.604. The first kappa shape index (κ1) is 15.2. The lowest BCUT2D eigenvalue weighted by Crippen LogP contribution is -2.52. The Labute approximate surface area is 98.3 Å². The lowest BCUT2D eigenvalue weighted by atomic mass is 9.75. The molecule has 17 heavy (non-hydrogen) atoms. The molecule has 0 aliphatic carbocycles. The molecule has 0 unspecified atom stereocenters. The van der Waals surface area contributed by atoms with Crippen LogP contribution in [0, 0.1) is 5.41 Å². The third kappa shape index (κ3) is 3.35. The number of carboxylic acid groups (broad SMARTS) is 1. The van der Waals surface area contributed by atoms with E-state index < -0.39 is 28.9 Å². The van der Waals surface area contributed by atoms with Gasteiger partial charge in [-0.2, -0.15) is 0 Å². The highest BCUT2D eigenvalue weighted by Gasteiger charge is 2.47. The minimum absolute atomic E-state index is 0.0436. The Bertz CT molecular complexity index is 337. The maximum Gasteiger partial charge on any atom is 0.303 e. The minimum Gasteiger partial charge on any atom is -0.481 e. The summed E-state index contributed by atoms with van der Waals surface area (Å²) in [4.78, 5) is 44.9. The monoisotopic (exact) mass is 244 g/mol. The van der Waals surface area contributed by atoms with Gasteiger partial charge in [-0.3, -0.25) is 24.6 Å². The van der Waals surface area contributed by atoms with Crippen molar-refractivity contribution in [3.63, 3.8) is 0 Å². The zero-order valence-corrected chi connectivity index (χ0v) is 9.78. The van der Waals surface area contributed by atoms with Gasteiger partial charge in [0, 0.05) is 6.42 Å². The summed E-state index contributed by atoms with van der Waals surface area (Å²) in [7, 11) is 0. The largest absolute Gasteiger partial charge is 0.481 e. The third-order valence-corrected chi connectivity index (χ3v) is 2.66. The topological polar surface area (TPSA) is 127 Å². The SMILES string of the molecule is CC(=O)C(CCCC(=O)O)(C(C)=O)C(=O)NN. The van der Waals surface area contributed by atoms with Crippen molar-refractivity contribution >= 4 is 23.4 Å². The highest BCUT2D eigenvalue weighted by molar-refractivity contribution is 6.22. The maximum absolute atomic E-state index is 11.6. The van der Waals surface area contributed by atoms with Gasteiger partial charge in [0.1, 0.15) is 0 Å². The molecule has 0 rings (SSSR count). The Balaban J connectivity index is 5.07. The third-order valence-electron chi connectivity index (χ3n) is 2.66. The molecule has 0 bridgehead atoms. The van der Waals surface area contributed by atoms with Crippen molar-refractivity contribution in [2.24, 2.45) is 11.3 Å². The minimum atomic E-state index is -1.87. The van der Waals surface area contributed by atoms with Gasteiger partial charge in [0.2, 0.25) is 0 Å². The zero-order chi connectivity index (χ0) is 13.6. The summed E-state index contributed by atoms with van der Waals surface area (Å²) >= 11 is 0. The van der Waals surface area contributed by atoms with Gasteiger partial charge in [-0.1, -0.05) is 0 Å². The molecule has 0 spiro atoms. The molecule has 0 aliphatic heterocycles. The molecule has 96 valence electrons. The number of carbonyl (C=O) groups is 4. The number of amides is 1. The summed E-state index contributed by atoms with van der Waals surface area (Å²) in [6.07, 6.45) is -0.338. The Morgan fingerprint density at radius 2 is 1.65 bits per heavy atom. The number of nitrogens with two attached hydrogens (primary N) is 1.